The monoisotopic (exact) mass is 309 g/mol. The van der Waals surface area contributed by atoms with Gasteiger partial charge in [-0.15, -0.1) is 19.0 Å². The van der Waals surface area contributed by atoms with Crippen LogP contribution in [0.25, 0.3) is 0 Å². The lowest BCUT2D eigenvalue weighted by atomic mass is 10.0. The molecule has 0 saturated heterocycles. The van der Waals surface area contributed by atoms with Crippen LogP contribution in [-0.4, -0.2) is 0 Å². The molecule has 0 amide bonds. The molecule has 0 bridgehead atoms. The van der Waals surface area contributed by atoms with E-state index in [0.29, 0.717) is 5.02 Å². The first kappa shape index (κ1) is 15.0. The molecular weight excluding hydrogens is 297 g/mol. The van der Waals surface area contributed by atoms with Gasteiger partial charge in [0.1, 0.15) is 0 Å². The highest BCUT2D eigenvalue weighted by molar-refractivity contribution is 9.10. The standard InChI is InChI=1S/C11H13BrClN.ClH/c1-2-3-4-11(14)8-5-6-10(13)9(12)7-8;/h2,5-7,11H,1,3-4,14H2;1H/t11-;/m1./s1. The third kappa shape index (κ3) is 4.56. The molecule has 1 aromatic carbocycles. The van der Waals surface area contributed by atoms with E-state index in [0.717, 1.165) is 22.9 Å². The average molecular weight is 311 g/mol. The fourth-order valence-electron chi connectivity index (χ4n) is 1.21. The van der Waals surface area contributed by atoms with E-state index in [4.69, 9.17) is 17.3 Å². The van der Waals surface area contributed by atoms with Crippen molar-refractivity contribution in [3.05, 3.63) is 45.9 Å². The summed E-state index contributed by atoms with van der Waals surface area (Å²) in [5.74, 6) is 0. The Hall–Kier alpha value is -0.0200. The molecule has 0 fully saturated rings. The van der Waals surface area contributed by atoms with Crippen LogP contribution < -0.4 is 5.73 Å². The van der Waals surface area contributed by atoms with Gasteiger partial charge in [-0.25, -0.2) is 0 Å². The molecule has 0 spiro atoms. The first-order chi connectivity index (χ1) is 6.65. The maximum Gasteiger partial charge on any atom is 0.0548 e. The van der Waals surface area contributed by atoms with Crippen LogP contribution in [0, 0.1) is 0 Å². The SMILES string of the molecule is C=CCC[C@@H](N)c1ccc(Cl)c(Br)c1.Cl. The van der Waals surface area contributed by atoms with Gasteiger partial charge in [0.05, 0.1) is 5.02 Å². The Balaban J connectivity index is 0.00000196. The topological polar surface area (TPSA) is 26.0 Å². The summed E-state index contributed by atoms with van der Waals surface area (Å²) in [4.78, 5) is 0. The van der Waals surface area contributed by atoms with Crippen LogP contribution in [0.4, 0.5) is 0 Å². The lowest BCUT2D eigenvalue weighted by Gasteiger charge is -2.11. The van der Waals surface area contributed by atoms with E-state index in [9.17, 15) is 0 Å². The van der Waals surface area contributed by atoms with Gasteiger partial charge in [-0.1, -0.05) is 23.7 Å². The summed E-state index contributed by atoms with van der Waals surface area (Å²) in [5.41, 5.74) is 7.09. The van der Waals surface area contributed by atoms with Crippen molar-refractivity contribution in [2.45, 2.75) is 18.9 Å². The first-order valence-corrected chi connectivity index (χ1v) is 5.63. The minimum absolute atomic E-state index is 0. The van der Waals surface area contributed by atoms with E-state index < -0.39 is 0 Å². The molecule has 0 radical (unpaired) electrons. The van der Waals surface area contributed by atoms with Crippen molar-refractivity contribution < 1.29 is 0 Å². The van der Waals surface area contributed by atoms with E-state index in [1.165, 1.54) is 0 Å². The molecule has 1 nitrogen and oxygen atoms in total. The van der Waals surface area contributed by atoms with Crippen molar-refractivity contribution in [3.63, 3.8) is 0 Å². The van der Waals surface area contributed by atoms with E-state index >= 15 is 0 Å². The first-order valence-electron chi connectivity index (χ1n) is 4.46. The van der Waals surface area contributed by atoms with E-state index in [2.05, 4.69) is 22.5 Å². The highest BCUT2D eigenvalue weighted by Crippen LogP contribution is 2.26. The number of hydrogen-bond acceptors (Lipinski definition) is 1. The molecule has 0 unspecified atom stereocenters. The smallest absolute Gasteiger partial charge is 0.0548 e. The van der Waals surface area contributed by atoms with Gasteiger partial charge in [-0.3, -0.25) is 0 Å². The Morgan fingerprint density at radius 2 is 2.20 bits per heavy atom. The zero-order valence-electron chi connectivity index (χ0n) is 8.25. The van der Waals surface area contributed by atoms with Crippen molar-refractivity contribution in [3.8, 4) is 0 Å². The van der Waals surface area contributed by atoms with E-state index in [1.54, 1.807) is 0 Å². The van der Waals surface area contributed by atoms with Gasteiger partial charge in [0.2, 0.25) is 0 Å². The van der Waals surface area contributed by atoms with Crippen molar-refractivity contribution in [2.24, 2.45) is 5.73 Å². The summed E-state index contributed by atoms with van der Waals surface area (Å²) >= 11 is 9.26. The molecule has 2 N–H and O–H groups in total. The second kappa shape index (κ2) is 7.29. The molecule has 1 rings (SSSR count). The van der Waals surface area contributed by atoms with Crippen LogP contribution in [0.15, 0.2) is 35.3 Å². The minimum atomic E-state index is 0. The van der Waals surface area contributed by atoms with Gasteiger partial charge >= 0.3 is 0 Å². The Morgan fingerprint density at radius 1 is 1.53 bits per heavy atom. The van der Waals surface area contributed by atoms with E-state index in [-0.39, 0.29) is 18.4 Å². The van der Waals surface area contributed by atoms with Crippen LogP contribution in [-0.2, 0) is 0 Å². The second-order valence-electron chi connectivity index (χ2n) is 3.15. The van der Waals surface area contributed by atoms with Gasteiger partial charge in [0.25, 0.3) is 0 Å². The molecule has 4 heteroatoms. The summed E-state index contributed by atoms with van der Waals surface area (Å²) in [7, 11) is 0. The molecule has 1 aromatic rings. The molecule has 0 aromatic heterocycles. The lowest BCUT2D eigenvalue weighted by Crippen LogP contribution is -2.09. The zero-order chi connectivity index (χ0) is 10.6. The van der Waals surface area contributed by atoms with Crippen LogP contribution in [0.2, 0.25) is 5.02 Å². The minimum Gasteiger partial charge on any atom is -0.324 e. The molecule has 0 heterocycles. The van der Waals surface area contributed by atoms with Crippen LogP contribution in [0.3, 0.4) is 0 Å². The summed E-state index contributed by atoms with van der Waals surface area (Å²) in [6, 6.07) is 5.84. The number of rotatable bonds is 4. The predicted molar refractivity (Wildman–Crippen MR) is 72.8 cm³/mol. The number of halogens is 3. The Kier molecular flexibility index (Phi) is 7.28. The number of nitrogens with two attached hydrogens (primary N) is 1. The van der Waals surface area contributed by atoms with Gasteiger partial charge in [-0.05, 0) is 46.5 Å². The fourth-order valence-corrected chi connectivity index (χ4v) is 1.72. The highest BCUT2D eigenvalue weighted by Gasteiger charge is 2.06. The van der Waals surface area contributed by atoms with Crippen molar-refractivity contribution in [1.29, 1.82) is 0 Å². The van der Waals surface area contributed by atoms with Crippen LogP contribution in [0.5, 0.6) is 0 Å². The summed E-state index contributed by atoms with van der Waals surface area (Å²) in [6.07, 6.45) is 3.73. The van der Waals surface area contributed by atoms with Gasteiger partial charge in [0.15, 0.2) is 0 Å². The molecule has 0 saturated carbocycles. The number of allylic oxidation sites excluding steroid dienone is 1. The third-order valence-corrected chi connectivity index (χ3v) is 3.27. The molecule has 0 aliphatic rings. The second-order valence-corrected chi connectivity index (χ2v) is 4.41. The average Bonchev–Trinajstić information content (AvgIpc) is 2.18. The normalized spacial score (nSPS) is 11.7. The predicted octanol–water partition coefficient (Wildman–Crippen LogP) is 4.49. The number of hydrogen-bond donors (Lipinski definition) is 1. The summed E-state index contributed by atoms with van der Waals surface area (Å²) in [5, 5.41) is 0.713. The van der Waals surface area contributed by atoms with Gasteiger partial charge in [0, 0.05) is 10.5 Å². The van der Waals surface area contributed by atoms with Crippen molar-refractivity contribution in [2.75, 3.05) is 0 Å². The van der Waals surface area contributed by atoms with Crippen molar-refractivity contribution in [1.82, 2.24) is 0 Å². The quantitative estimate of drug-likeness (QED) is 0.815. The number of benzene rings is 1. The lowest BCUT2D eigenvalue weighted by molar-refractivity contribution is 0.661. The molecular formula is C11H14BrCl2N. The zero-order valence-corrected chi connectivity index (χ0v) is 11.4. The van der Waals surface area contributed by atoms with E-state index in [1.807, 2.05) is 24.3 Å². The highest BCUT2D eigenvalue weighted by atomic mass is 79.9. The van der Waals surface area contributed by atoms with Crippen LogP contribution in [0.1, 0.15) is 24.4 Å². The summed E-state index contributed by atoms with van der Waals surface area (Å²) in [6.45, 7) is 3.67. The van der Waals surface area contributed by atoms with Crippen molar-refractivity contribution >= 4 is 39.9 Å². The Labute approximate surface area is 110 Å². The van der Waals surface area contributed by atoms with Gasteiger partial charge in [-0.2, -0.15) is 0 Å². The summed E-state index contributed by atoms with van der Waals surface area (Å²) < 4.78 is 0.894. The Bertz CT molecular complexity index is 328. The Morgan fingerprint density at radius 3 is 2.73 bits per heavy atom. The molecule has 15 heavy (non-hydrogen) atoms. The molecule has 1 atom stereocenters. The molecule has 84 valence electrons. The molecule has 0 aliphatic carbocycles. The maximum absolute atomic E-state index is 5.99. The largest absolute Gasteiger partial charge is 0.324 e. The maximum atomic E-state index is 5.99. The van der Waals surface area contributed by atoms with Gasteiger partial charge < -0.3 is 5.73 Å². The van der Waals surface area contributed by atoms with Crippen LogP contribution >= 0.6 is 39.9 Å². The third-order valence-electron chi connectivity index (χ3n) is 2.05. The molecule has 0 aliphatic heterocycles. The fraction of sp³-hybridized carbons (Fsp3) is 0.273.